The Morgan fingerprint density at radius 1 is 1.24 bits per heavy atom. The van der Waals surface area contributed by atoms with Crippen molar-refractivity contribution in [3.05, 3.63) is 35.9 Å². The molecule has 0 saturated carbocycles. The van der Waals surface area contributed by atoms with Crippen LogP contribution in [0.15, 0.2) is 30.3 Å². The highest BCUT2D eigenvalue weighted by atomic mass is 16.6. The molecule has 34 heavy (non-hydrogen) atoms. The summed E-state index contributed by atoms with van der Waals surface area (Å²) in [5, 5.41) is 15.1. The highest BCUT2D eigenvalue weighted by Gasteiger charge is 2.42. The zero-order valence-electron chi connectivity index (χ0n) is 19.6. The van der Waals surface area contributed by atoms with E-state index in [4.69, 9.17) is 4.74 Å². The van der Waals surface area contributed by atoms with Gasteiger partial charge in [0.25, 0.3) is 0 Å². The van der Waals surface area contributed by atoms with E-state index in [2.05, 4.69) is 21.6 Å². The van der Waals surface area contributed by atoms with Crippen LogP contribution in [0.1, 0.15) is 43.6 Å². The third-order valence-electron chi connectivity index (χ3n) is 7.20. The number of hydrogen-bond donors (Lipinski definition) is 2. The second-order valence-electron chi connectivity index (χ2n) is 9.60. The molecule has 0 aromatic heterocycles. The molecule has 1 aromatic rings. The van der Waals surface area contributed by atoms with Crippen LogP contribution in [0.5, 0.6) is 0 Å². The van der Waals surface area contributed by atoms with E-state index >= 15 is 0 Å². The van der Waals surface area contributed by atoms with Gasteiger partial charge in [-0.25, -0.2) is 4.79 Å². The molecule has 3 saturated heterocycles. The number of piperidine rings is 1. The zero-order valence-corrected chi connectivity index (χ0v) is 19.6. The first-order valence-corrected chi connectivity index (χ1v) is 12.1. The highest BCUT2D eigenvalue weighted by molar-refractivity contribution is 5.87. The van der Waals surface area contributed by atoms with E-state index in [0.29, 0.717) is 25.9 Å². The molecule has 3 aliphatic rings. The van der Waals surface area contributed by atoms with E-state index in [1.807, 2.05) is 37.4 Å². The fourth-order valence-corrected chi connectivity index (χ4v) is 5.13. The Hall–Kier alpha value is -3.12. The minimum atomic E-state index is -0.788. The van der Waals surface area contributed by atoms with E-state index in [1.54, 1.807) is 0 Å². The minimum absolute atomic E-state index is 0.00290. The summed E-state index contributed by atoms with van der Waals surface area (Å²) in [4.78, 5) is 42.1. The molecule has 3 heterocycles. The maximum Gasteiger partial charge on any atom is 0.410 e. The van der Waals surface area contributed by atoms with E-state index in [0.717, 1.165) is 31.5 Å². The third-order valence-corrected chi connectivity index (χ3v) is 7.20. The number of carbonyl (C=O) groups is 3. The fourth-order valence-electron chi connectivity index (χ4n) is 5.13. The van der Waals surface area contributed by atoms with Crippen LogP contribution in [-0.2, 0) is 14.3 Å². The molecule has 9 nitrogen and oxygen atoms in total. The number of nitrogens with one attached hydrogen (secondary N) is 2. The summed E-state index contributed by atoms with van der Waals surface area (Å²) >= 11 is 0. The van der Waals surface area contributed by atoms with Crippen LogP contribution < -0.4 is 10.6 Å². The van der Waals surface area contributed by atoms with Gasteiger partial charge in [-0.05, 0) is 44.7 Å². The van der Waals surface area contributed by atoms with Gasteiger partial charge in [-0.2, -0.15) is 5.26 Å². The number of nitriles is 1. The van der Waals surface area contributed by atoms with Crippen LogP contribution in [0.4, 0.5) is 4.79 Å². The molecule has 1 aromatic carbocycles. The third kappa shape index (κ3) is 5.68. The van der Waals surface area contributed by atoms with Gasteiger partial charge in [0, 0.05) is 38.0 Å². The SMILES string of the molecule is CN1CCC(OC(=O)N2C[C@H](c3ccccc3)C[C@H]2C(=O)N[C@H](C#N)C[C@@H]2CCNC2=O)CC1. The van der Waals surface area contributed by atoms with E-state index in [-0.39, 0.29) is 36.2 Å². The lowest BCUT2D eigenvalue weighted by molar-refractivity contribution is -0.126. The molecule has 4 rings (SSSR count). The average molecular weight is 468 g/mol. The average Bonchev–Trinajstić information content (AvgIpc) is 3.47. The summed E-state index contributed by atoms with van der Waals surface area (Å²) in [6, 6.07) is 10.4. The van der Waals surface area contributed by atoms with Crippen LogP contribution in [0, 0.1) is 17.2 Å². The number of benzene rings is 1. The minimum Gasteiger partial charge on any atom is -0.446 e. The topological polar surface area (TPSA) is 115 Å². The van der Waals surface area contributed by atoms with Crippen molar-refractivity contribution in [3.63, 3.8) is 0 Å². The molecule has 2 N–H and O–H groups in total. The summed E-state index contributed by atoms with van der Waals surface area (Å²) in [6.45, 7) is 2.71. The van der Waals surface area contributed by atoms with Gasteiger partial charge in [-0.15, -0.1) is 0 Å². The van der Waals surface area contributed by atoms with Gasteiger partial charge in [0.1, 0.15) is 18.2 Å². The Morgan fingerprint density at radius 3 is 2.62 bits per heavy atom. The summed E-state index contributed by atoms with van der Waals surface area (Å²) in [6.07, 6.45) is 2.29. The number of amides is 3. The summed E-state index contributed by atoms with van der Waals surface area (Å²) < 4.78 is 5.80. The lowest BCUT2D eigenvalue weighted by Crippen LogP contribution is -2.50. The molecule has 9 heteroatoms. The van der Waals surface area contributed by atoms with E-state index in [1.165, 1.54) is 4.90 Å². The van der Waals surface area contributed by atoms with Gasteiger partial charge < -0.3 is 20.3 Å². The van der Waals surface area contributed by atoms with Crippen molar-refractivity contribution in [2.45, 2.75) is 56.2 Å². The number of hydrogen-bond acceptors (Lipinski definition) is 6. The van der Waals surface area contributed by atoms with Crippen LogP contribution in [0.2, 0.25) is 0 Å². The maximum absolute atomic E-state index is 13.3. The van der Waals surface area contributed by atoms with Crippen molar-refractivity contribution >= 4 is 17.9 Å². The quantitative estimate of drug-likeness (QED) is 0.657. The van der Waals surface area contributed by atoms with Crippen LogP contribution in [-0.4, -0.2) is 79.1 Å². The molecule has 4 atom stereocenters. The molecular formula is C25H33N5O4. The van der Waals surface area contributed by atoms with Crippen molar-refractivity contribution in [1.82, 2.24) is 20.4 Å². The number of carbonyl (C=O) groups excluding carboxylic acids is 3. The molecule has 182 valence electrons. The number of ether oxygens (including phenoxy) is 1. The predicted octanol–water partition coefficient (Wildman–Crippen LogP) is 1.61. The highest BCUT2D eigenvalue weighted by Crippen LogP contribution is 2.33. The Labute approximate surface area is 200 Å². The summed E-state index contributed by atoms with van der Waals surface area (Å²) in [5.41, 5.74) is 1.06. The Morgan fingerprint density at radius 2 is 1.97 bits per heavy atom. The van der Waals surface area contributed by atoms with Crippen molar-refractivity contribution in [1.29, 1.82) is 5.26 Å². The lowest BCUT2D eigenvalue weighted by atomic mass is 9.95. The number of rotatable bonds is 6. The van der Waals surface area contributed by atoms with E-state index < -0.39 is 18.2 Å². The molecule has 3 fully saturated rings. The Balaban J connectivity index is 1.44. The van der Waals surface area contributed by atoms with Crippen LogP contribution in [0.25, 0.3) is 0 Å². The zero-order chi connectivity index (χ0) is 24.1. The van der Waals surface area contributed by atoms with Crippen molar-refractivity contribution in [2.75, 3.05) is 33.2 Å². The Bertz CT molecular complexity index is 925. The van der Waals surface area contributed by atoms with Crippen molar-refractivity contribution in [3.8, 4) is 6.07 Å². The molecule has 3 amide bonds. The molecule has 0 bridgehead atoms. The smallest absolute Gasteiger partial charge is 0.410 e. The van der Waals surface area contributed by atoms with Gasteiger partial charge in [-0.1, -0.05) is 30.3 Å². The predicted molar refractivity (Wildman–Crippen MR) is 125 cm³/mol. The molecular weight excluding hydrogens is 434 g/mol. The van der Waals surface area contributed by atoms with Gasteiger partial charge in [0.05, 0.1) is 6.07 Å². The monoisotopic (exact) mass is 467 g/mol. The molecule has 3 aliphatic heterocycles. The first-order chi connectivity index (χ1) is 16.4. The van der Waals surface area contributed by atoms with Gasteiger partial charge in [0.2, 0.25) is 11.8 Å². The number of nitrogens with zero attached hydrogens (tertiary/aromatic N) is 3. The van der Waals surface area contributed by atoms with Crippen molar-refractivity contribution < 1.29 is 19.1 Å². The number of likely N-dealkylation sites (tertiary alicyclic amines) is 2. The first-order valence-electron chi connectivity index (χ1n) is 12.1. The Kier molecular flexibility index (Phi) is 7.68. The van der Waals surface area contributed by atoms with Crippen LogP contribution >= 0.6 is 0 Å². The molecule has 0 radical (unpaired) electrons. The van der Waals surface area contributed by atoms with Crippen molar-refractivity contribution in [2.24, 2.45) is 5.92 Å². The van der Waals surface area contributed by atoms with Gasteiger partial charge in [-0.3, -0.25) is 14.5 Å². The summed E-state index contributed by atoms with van der Waals surface area (Å²) in [7, 11) is 2.05. The standard InChI is InChI=1S/C25H33N5O4/c1-29-11-8-21(9-12-29)34-25(33)30-16-19(17-5-3-2-4-6-17)14-22(30)24(32)28-20(15-26)13-18-7-10-27-23(18)31/h2-6,18-22H,7-14,16H2,1H3,(H,27,31)(H,28,32)/t18-,19+,20-,22-/m0/s1. The molecule has 0 spiro atoms. The molecule has 0 unspecified atom stereocenters. The van der Waals surface area contributed by atoms with E-state index in [9.17, 15) is 19.6 Å². The lowest BCUT2D eigenvalue weighted by Gasteiger charge is -2.31. The second kappa shape index (κ2) is 10.9. The second-order valence-corrected chi connectivity index (χ2v) is 9.60. The normalized spacial score (nSPS) is 26.5. The van der Waals surface area contributed by atoms with Gasteiger partial charge >= 0.3 is 6.09 Å². The largest absolute Gasteiger partial charge is 0.446 e. The maximum atomic E-state index is 13.3. The first kappa shape index (κ1) is 24.0. The fraction of sp³-hybridized carbons (Fsp3) is 0.600. The molecule has 0 aliphatic carbocycles. The van der Waals surface area contributed by atoms with Gasteiger partial charge in [0.15, 0.2) is 0 Å². The summed E-state index contributed by atoms with van der Waals surface area (Å²) in [5.74, 6) is -0.731. The van der Waals surface area contributed by atoms with Crippen LogP contribution in [0.3, 0.4) is 0 Å².